The summed E-state index contributed by atoms with van der Waals surface area (Å²) in [7, 11) is -3.93. The molecule has 1 aliphatic heterocycles. The fraction of sp³-hybridized carbons (Fsp3) is 0.190. The molecule has 0 bridgehead atoms. The Kier molecular flexibility index (Phi) is 5.21. The predicted molar refractivity (Wildman–Crippen MR) is 107 cm³/mol. The Morgan fingerprint density at radius 3 is 2.24 bits per heavy atom. The van der Waals surface area contributed by atoms with Crippen LogP contribution in [0.4, 0.5) is 4.39 Å². The number of carbonyl (C=O) groups is 1. The number of piperazine rings is 1. The first kappa shape index (κ1) is 19.4. The molecule has 1 aromatic heterocycles. The van der Waals surface area contributed by atoms with Gasteiger partial charge in [-0.1, -0.05) is 18.2 Å². The number of amides is 1. The van der Waals surface area contributed by atoms with Crippen molar-refractivity contribution in [1.82, 2.24) is 13.8 Å². The van der Waals surface area contributed by atoms with Crippen LogP contribution in [0.15, 0.2) is 78.0 Å². The zero-order valence-electron chi connectivity index (χ0n) is 15.6. The maximum atomic E-state index is 13.9. The Morgan fingerprint density at radius 2 is 1.55 bits per heavy atom. The van der Waals surface area contributed by atoms with Crippen LogP contribution in [0, 0.1) is 5.82 Å². The highest BCUT2D eigenvalue weighted by Crippen LogP contribution is 2.21. The van der Waals surface area contributed by atoms with Crippen molar-refractivity contribution in [2.45, 2.75) is 4.90 Å². The lowest BCUT2D eigenvalue weighted by Crippen LogP contribution is -2.50. The molecule has 2 aromatic carbocycles. The summed E-state index contributed by atoms with van der Waals surface area (Å²) in [6.45, 7) is 0.750. The first-order valence-electron chi connectivity index (χ1n) is 9.24. The van der Waals surface area contributed by atoms with E-state index in [2.05, 4.69) is 0 Å². The lowest BCUT2D eigenvalue weighted by Gasteiger charge is -2.34. The normalized spacial score (nSPS) is 15.4. The molecule has 0 N–H and O–H groups in total. The molecule has 2 heterocycles. The monoisotopic (exact) mass is 413 g/mol. The number of halogens is 1. The molecular weight excluding hydrogens is 393 g/mol. The molecule has 1 amide bonds. The number of hydrogen-bond acceptors (Lipinski definition) is 3. The first-order valence-corrected chi connectivity index (χ1v) is 10.7. The highest BCUT2D eigenvalue weighted by molar-refractivity contribution is 7.89. The highest BCUT2D eigenvalue weighted by Gasteiger charge is 2.32. The van der Waals surface area contributed by atoms with Gasteiger partial charge < -0.3 is 9.47 Å². The molecule has 0 aliphatic carbocycles. The summed E-state index contributed by atoms with van der Waals surface area (Å²) in [4.78, 5) is 14.2. The molecule has 0 atom stereocenters. The average Bonchev–Trinajstić information content (AvgIpc) is 3.29. The van der Waals surface area contributed by atoms with Gasteiger partial charge in [-0.2, -0.15) is 4.31 Å². The van der Waals surface area contributed by atoms with Crippen LogP contribution in [0.25, 0.3) is 5.69 Å². The average molecular weight is 413 g/mol. The number of sulfonamides is 1. The van der Waals surface area contributed by atoms with Crippen molar-refractivity contribution >= 4 is 15.9 Å². The van der Waals surface area contributed by atoms with Crippen molar-refractivity contribution in [3.8, 4) is 5.69 Å². The number of hydrogen-bond donors (Lipinski definition) is 0. The minimum atomic E-state index is -3.93. The number of benzene rings is 2. The van der Waals surface area contributed by atoms with Gasteiger partial charge in [0, 0.05) is 49.8 Å². The smallest absolute Gasteiger partial charge is 0.254 e. The molecule has 3 aromatic rings. The Labute approximate surface area is 168 Å². The van der Waals surface area contributed by atoms with Crippen molar-refractivity contribution < 1.29 is 17.6 Å². The van der Waals surface area contributed by atoms with Gasteiger partial charge in [-0.05, 0) is 42.5 Å². The Hall–Kier alpha value is -2.97. The Balaban J connectivity index is 1.47. The molecule has 4 rings (SSSR count). The lowest BCUT2D eigenvalue weighted by atomic mass is 10.1. The van der Waals surface area contributed by atoms with E-state index in [1.54, 1.807) is 11.0 Å². The predicted octanol–water partition coefficient (Wildman–Crippen LogP) is 2.76. The third-order valence-corrected chi connectivity index (χ3v) is 6.91. The zero-order chi connectivity index (χ0) is 20.4. The van der Waals surface area contributed by atoms with Gasteiger partial charge in [0.05, 0.1) is 0 Å². The molecule has 1 fully saturated rings. The number of rotatable bonds is 4. The number of nitrogens with zero attached hydrogens (tertiary/aromatic N) is 3. The molecule has 29 heavy (non-hydrogen) atoms. The summed E-state index contributed by atoms with van der Waals surface area (Å²) in [6, 6.07) is 16.4. The standard InChI is InChI=1S/C21H20FN3O3S/c22-19-8-1-2-9-20(19)29(27,28)25-14-12-24(13-15-25)21(26)17-6-5-7-18(16-17)23-10-3-4-11-23/h1-11,16H,12-15H2. The van der Waals surface area contributed by atoms with Crippen molar-refractivity contribution in [3.63, 3.8) is 0 Å². The largest absolute Gasteiger partial charge is 0.336 e. The SMILES string of the molecule is O=C(c1cccc(-n2cccc2)c1)N1CCN(S(=O)(=O)c2ccccc2F)CC1. The van der Waals surface area contributed by atoms with Crippen LogP contribution < -0.4 is 0 Å². The van der Waals surface area contributed by atoms with Crippen LogP contribution in [0.2, 0.25) is 0 Å². The fourth-order valence-electron chi connectivity index (χ4n) is 3.41. The molecule has 150 valence electrons. The molecule has 0 unspecified atom stereocenters. The van der Waals surface area contributed by atoms with E-state index in [9.17, 15) is 17.6 Å². The zero-order valence-corrected chi connectivity index (χ0v) is 16.4. The van der Waals surface area contributed by atoms with Gasteiger partial charge in [-0.15, -0.1) is 0 Å². The van der Waals surface area contributed by atoms with E-state index in [4.69, 9.17) is 0 Å². The van der Waals surface area contributed by atoms with Gasteiger partial charge in [0.1, 0.15) is 10.7 Å². The molecule has 0 radical (unpaired) electrons. The van der Waals surface area contributed by atoms with Gasteiger partial charge in [-0.3, -0.25) is 4.79 Å². The van der Waals surface area contributed by atoms with E-state index in [0.717, 1.165) is 11.8 Å². The quantitative estimate of drug-likeness (QED) is 0.661. The van der Waals surface area contributed by atoms with Crippen LogP contribution >= 0.6 is 0 Å². The van der Waals surface area contributed by atoms with E-state index in [1.165, 1.54) is 22.5 Å². The Morgan fingerprint density at radius 1 is 0.862 bits per heavy atom. The van der Waals surface area contributed by atoms with E-state index in [-0.39, 0.29) is 37.0 Å². The van der Waals surface area contributed by atoms with Crippen molar-refractivity contribution in [2.75, 3.05) is 26.2 Å². The highest BCUT2D eigenvalue weighted by atomic mass is 32.2. The number of carbonyl (C=O) groups excluding carboxylic acids is 1. The lowest BCUT2D eigenvalue weighted by molar-refractivity contribution is 0.0697. The van der Waals surface area contributed by atoms with Gasteiger partial charge >= 0.3 is 0 Å². The van der Waals surface area contributed by atoms with E-state index >= 15 is 0 Å². The summed E-state index contributed by atoms with van der Waals surface area (Å²) in [5.41, 5.74) is 1.42. The second-order valence-electron chi connectivity index (χ2n) is 6.77. The summed E-state index contributed by atoms with van der Waals surface area (Å²) >= 11 is 0. The van der Waals surface area contributed by atoms with Crippen LogP contribution in [-0.2, 0) is 10.0 Å². The topological polar surface area (TPSA) is 62.6 Å². The maximum absolute atomic E-state index is 13.9. The molecular formula is C21H20FN3O3S. The fourth-order valence-corrected chi connectivity index (χ4v) is 4.90. The molecule has 6 nitrogen and oxygen atoms in total. The van der Waals surface area contributed by atoms with E-state index in [0.29, 0.717) is 5.56 Å². The molecule has 1 aliphatic rings. The van der Waals surface area contributed by atoms with E-state index < -0.39 is 15.8 Å². The molecule has 8 heteroatoms. The van der Waals surface area contributed by atoms with Gasteiger partial charge in [0.25, 0.3) is 5.91 Å². The van der Waals surface area contributed by atoms with Gasteiger partial charge in [0.15, 0.2) is 0 Å². The van der Waals surface area contributed by atoms with Crippen molar-refractivity contribution in [3.05, 3.63) is 84.4 Å². The van der Waals surface area contributed by atoms with Gasteiger partial charge in [0.2, 0.25) is 10.0 Å². The summed E-state index contributed by atoms with van der Waals surface area (Å²) < 4.78 is 42.5. The summed E-state index contributed by atoms with van der Waals surface area (Å²) in [5, 5.41) is 0. The molecule has 0 saturated carbocycles. The summed E-state index contributed by atoms with van der Waals surface area (Å²) in [6.07, 6.45) is 3.80. The summed E-state index contributed by atoms with van der Waals surface area (Å²) in [5.74, 6) is -0.922. The van der Waals surface area contributed by atoms with Crippen LogP contribution in [0.1, 0.15) is 10.4 Å². The van der Waals surface area contributed by atoms with Crippen molar-refractivity contribution in [1.29, 1.82) is 0 Å². The maximum Gasteiger partial charge on any atom is 0.254 e. The minimum absolute atomic E-state index is 0.125. The number of aromatic nitrogens is 1. The van der Waals surface area contributed by atoms with E-state index in [1.807, 2.05) is 47.3 Å². The van der Waals surface area contributed by atoms with Crippen LogP contribution in [-0.4, -0.2) is 54.3 Å². The third-order valence-electron chi connectivity index (χ3n) is 4.98. The molecule has 0 spiro atoms. The van der Waals surface area contributed by atoms with Crippen LogP contribution in [0.5, 0.6) is 0 Å². The molecule has 1 saturated heterocycles. The van der Waals surface area contributed by atoms with Gasteiger partial charge in [-0.25, -0.2) is 12.8 Å². The minimum Gasteiger partial charge on any atom is -0.336 e. The second kappa shape index (κ2) is 7.81. The Bertz CT molecular complexity index is 1120. The first-order chi connectivity index (χ1) is 14.0. The third kappa shape index (κ3) is 3.81. The van der Waals surface area contributed by atoms with Crippen molar-refractivity contribution in [2.24, 2.45) is 0 Å². The van der Waals surface area contributed by atoms with Crippen LogP contribution in [0.3, 0.4) is 0 Å². The second-order valence-corrected chi connectivity index (χ2v) is 8.67.